The molecule has 1 fully saturated rings. The molecule has 0 saturated heterocycles. The highest BCUT2D eigenvalue weighted by Gasteiger charge is 2.34. The topological polar surface area (TPSA) is 45.6 Å². The van der Waals surface area contributed by atoms with Gasteiger partial charge >= 0.3 is 0 Å². The van der Waals surface area contributed by atoms with Gasteiger partial charge in [0.15, 0.2) is 0 Å². The molecule has 28 heavy (non-hydrogen) atoms. The van der Waals surface area contributed by atoms with E-state index in [1.54, 1.807) is 4.90 Å². The zero-order valence-corrected chi connectivity index (χ0v) is 17.2. The molecule has 1 saturated carbocycles. The largest absolute Gasteiger partial charge is 0.353 e. The fourth-order valence-electron chi connectivity index (χ4n) is 3.46. The van der Waals surface area contributed by atoms with Crippen LogP contribution in [0.1, 0.15) is 44.4 Å². The van der Waals surface area contributed by atoms with Crippen molar-refractivity contribution in [2.75, 3.05) is 6.54 Å². The van der Waals surface area contributed by atoms with E-state index < -0.39 is 0 Å². The smallest absolute Gasteiger partial charge is 0.242 e. The number of carbonyl (C=O) groups is 2. The summed E-state index contributed by atoms with van der Waals surface area (Å²) >= 11 is 0. The summed E-state index contributed by atoms with van der Waals surface area (Å²) < 4.78 is 2.05. The third-order valence-corrected chi connectivity index (χ3v) is 5.64. The van der Waals surface area contributed by atoms with Gasteiger partial charge in [-0.2, -0.15) is 0 Å². The lowest BCUT2D eigenvalue weighted by Gasteiger charge is -2.31. The van der Waals surface area contributed by atoms with E-state index in [1.165, 1.54) is 0 Å². The molecule has 0 spiro atoms. The van der Waals surface area contributed by atoms with Crippen LogP contribution in [0.4, 0.5) is 0 Å². The van der Waals surface area contributed by atoms with E-state index in [0.717, 1.165) is 30.5 Å². The molecule has 0 radical (unpaired) electrons. The van der Waals surface area contributed by atoms with Gasteiger partial charge in [0, 0.05) is 31.0 Å². The van der Waals surface area contributed by atoms with E-state index in [2.05, 4.69) is 17.6 Å². The van der Waals surface area contributed by atoms with Crippen molar-refractivity contribution in [3.63, 3.8) is 0 Å². The van der Waals surface area contributed by atoms with E-state index >= 15 is 0 Å². The zero-order valence-electron chi connectivity index (χ0n) is 17.2. The number of benzene rings is 1. The van der Waals surface area contributed by atoms with Gasteiger partial charge < -0.3 is 14.4 Å². The van der Waals surface area contributed by atoms with E-state index in [4.69, 9.17) is 0 Å². The molecule has 1 aromatic carbocycles. The van der Waals surface area contributed by atoms with E-state index in [1.807, 2.05) is 61.5 Å². The average molecular weight is 382 g/mol. The van der Waals surface area contributed by atoms with Crippen molar-refractivity contribution in [2.24, 2.45) is 7.05 Å². The van der Waals surface area contributed by atoms with Gasteiger partial charge in [0.1, 0.15) is 6.54 Å². The Balaban J connectivity index is 1.70. The molecular formula is C23H31N3O2. The monoisotopic (exact) mass is 381 g/mol. The van der Waals surface area contributed by atoms with Crippen LogP contribution in [0.5, 0.6) is 0 Å². The van der Waals surface area contributed by atoms with E-state index in [0.29, 0.717) is 19.0 Å². The lowest BCUT2D eigenvalue weighted by atomic mass is 10.1. The zero-order chi connectivity index (χ0) is 20.1. The minimum absolute atomic E-state index is 0.0171. The van der Waals surface area contributed by atoms with Crippen molar-refractivity contribution in [3.05, 3.63) is 59.9 Å². The predicted molar refractivity (Wildman–Crippen MR) is 111 cm³/mol. The summed E-state index contributed by atoms with van der Waals surface area (Å²) in [5, 5.41) is 0. The van der Waals surface area contributed by atoms with Crippen LogP contribution < -0.4 is 0 Å². The first-order valence-electron chi connectivity index (χ1n) is 10.2. The summed E-state index contributed by atoms with van der Waals surface area (Å²) in [5.41, 5.74) is 2.10. The van der Waals surface area contributed by atoms with Crippen LogP contribution in [0, 0.1) is 0 Å². The van der Waals surface area contributed by atoms with Crippen molar-refractivity contribution >= 4 is 11.8 Å². The summed E-state index contributed by atoms with van der Waals surface area (Å²) in [6.45, 7) is 4.84. The van der Waals surface area contributed by atoms with Gasteiger partial charge in [-0.3, -0.25) is 9.59 Å². The Bertz CT molecular complexity index is 795. The van der Waals surface area contributed by atoms with Crippen LogP contribution >= 0.6 is 0 Å². The highest BCUT2D eigenvalue weighted by Crippen LogP contribution is 2.29. The van der Waals surface area contributed by atoms with Crippen molar-refractivity contribution in [1.82, 2.24) is 14.4 Å². The SMILES string of the molecule is CCC(C)N(CC(=O)N(Cc1cccn1C)C1CC1)C(=O)Cc1ccccc1. The summed E-state index contributed by atoms with van der Waals surface area (Å²) in [7, 11) is 2.00. The fraction of sp³-hybridized carbons (Fsp3) is 0.478. The first-order chi connectivity index (χ1) is 13.5. The summed E-state index contributed by atoms with van der Waals surface area (Å²) in [4.78, 5) is 29.9. The molecule has 1 aliphatic rings. The third-order valence-electron chi connectivity index (χ3n) is 5.64. The van der Waals surface area contributed by atoms with Crippen LogP contribution in [0.3, 0.4) is 0 Å². The molecular weight excluding hydrogens is 350 g/mol. The van der Waals surface area contributed by atoms with Crippen LogP contribution in [0.2, 0.25) is 0 Å². The summed E-state index contributed by atoms with van der Waals surface area (Å²) in [6.07, 6.45) is 5.27. The van der Waals surface area contributed by atoms with E-state index in [9.17, 15) is 9.59 Å². The summed E-state index contributed by atoms with van der Waals surface area (Å²) in [6, 6.07) is 14.1. The first-order valence-corrected chi connectivity index (χ1v) is 10.2. The Morgan fingerprint density at radius 3 is 2.39 bits per heavy atom. The van der Waals surface area contributed by atoms with Gasteiger partial charge in [0.25, 0.3) is 0 Å². The molecule has 0 aliphatic heterocycles. The second kappa shape index (κ2) is 9.09. The molecule has 3 rings (SSSR count). The number of rotatable bonds is 9. The molecule has 1 aliphatic carbocycles. The second-order valence-electron chi connectivity index (χ2n) is 7.80. The maximum Gasteiger partial charge on any atom is 0.242 e. The minimum Gasteiger partial charge on any atom is -0.353 e. The Kier molecular flexibility index (Phi) is 6.55. The highest BCUT2D eigenvalue weighted by atomic mass is 16.2. The number of nitrogens with zero attached hydrogens (tertiary/aromatic N) is 3. The average Bonchev–Trinajstić information content (AvgIpc) is 3.46. The van der Waals surface area contributed by atoms with Crippen LogP contribution in [0.25, 0.3) is 0 Å². The molecule has 5 heteroatoms. The van der Waals surface area contributed by atoms with Gasteiger partial charge in [0.05, 0.1) is 13.0 Å². The van der Waals surface area contributed by atoms with Gasteiger partial charge in [-0.05, 0) is 43.9 Å². The first kappa shape index (κ1) is 20.2. The number of aryl methyl sites for hydroxylation is 1. The molecule has 1 heterocycles. The van der Waals surface area contributed by atoms with Crippen molar-refractivity contribution in [3.8, 4) is 0 Å². The van der Waals surface area contributed by atoms with Gasteiger partial charge in [-0.25, -0.2) is 0 Å². The normalized spacial score (nSPS) is 14.5. The molecule has 2 amide bonds. The third kappa shape index (κ3) is 5.03. The molecule has 1 aromatic heterocycles. The van der Waals surface area contributed by atoms with Crippen molar-refractivity contribution in [2.45, 2.75) is 58.2 Å². The van der Waals surface area contributed by atoms with Crippen LogP contribution in [-0.2, 0) is 29.6 Å². The number of amides is 2. The molecule has 1 atom stereocenters. The van der Waals surface area contributed by atoms with Gasteiger partial charge in [-0.1, -0.05) is 37.3 Å². The molecule has 150 valence electrons. The molecule has 2 aromatic rings. The summed E-state index contributed by atoms with van der Waals surface area (Å²) in [5.74, 6) is 0.0638. The van der Waals surface area contributed by atoms with Gasteiger partial charge in [0.2, 0.25) is 11.8 Å². The minimum atomic E-state index is 0.0171. The van der Waals surface area contributed by atoms with Crippen LogP contribution in [-0.4, -0.2) is 44.8 Å². The quantitative estimate of drug-likeness (QED) is 0.668. The Morgan fingerprint density at radius 1 is 1.11 bits per heavy atom. The number of aromatic nitrogens is 1. The van der Waals surface area contributed by atoms with Crippen molar-refractivity contribution in [1.29, 1.82) is 0 Å². The molecule has 0 N–H and O–H groups in total. The maximum atomic E-state index is 13.2. The fourth-order valence-corrected chi connectivity index (χ4v) is 3.46. The maximum absolute atomic E-state index is 13.2. The molecule has 1 unspecified atom stereocenters. The Labute approximate surface area is 167 Å². The Hall–Kier alpha value is -2.56. The predicted octanol–water partition coefficient (Wildman–Crippen LogP) is 3.39. The molecule has 5 nitrogen and oxygen atoms in total. The number of hydrogen-bond donors (Lipinski definition) is 0. The number of hydrogen-bond acceptors (Lipinski definition) is 2. The second-order valence-corrected chi connectivity index (χ2v) is 7.80. The van der Waals surface area contributed by atoms with Crippen LogP contribution in [0.15, 0.2) is 48.7 Å². The number of carbonyl (C=O) groups excluding carboxylic acids is 2. The standard InChI is InChI=1S/C23H31N3O2/c1-4-18(2)25(22(27)15-19-9-6-5-7-10-19)17-23(28)26(20-12-13-20)16-21-11-8-14-24(21)3/h5-11,14,18,20H,4,12-13,15-17H2,1-3H3. The van der Waals surface area contributed by atoms with Crippen molar-refractivity contribution < 1.29 is 9.59 Å². The van der Waals surface area contributed by atoms with Gasteiger partial charge in [-0.15, -0.1) is 0 Å². The van der Waals surface area contributed by atoms with E-state index in [-0.39, 0.29) is 24.4 Å². The molecule has 0 bridgehead atoms. The lowest BCUT2D eigenvalue weighted by molar-refractivity contribution is -0.142. The Morgan fingerprint density at radius 2 is 1.82 bits per heavy atom. The highest BCUT2D eigenvalue weighted by molar-refractivity contribution is 5.86. The lowest BCUT2D eigenvalue weighted by Crippen LogP contribution is -2.47.